The van der Waals surface area contributed by atoms with E-state index in [2.05, 4.69) is 30.5 Å². The Labute approximate surface area is 114 Å². The van der Waals surface area contributed by atoms with Crippen LogP contribution in [0.25, 0.3) is 10.9 Å². The Morgan fingerprint density at radius 2 is 2.00 bits per heavy atom. The molecule has 2 N–H and O–H groups in total. The minimum Gasteiger partial charge on any atom is -0.344 e. The minimum atomic E-state index is 0.435. The summed E-state index contributed by atoms with van der Waals surface area (Å²) in [5, 5.41) is 1.49. The first-order chi connectivity index (χ1) is 9.15. The third-order valence-electron chi connectivity index (χ3n) is 5.31. The molecule has 0 bridgehead atoms. The van der Waals surface area contributed by atoms with Crippen LogP contribution in [0.5, 0.6) is 0 Å². The first kappa shape index (κ1) is 11.5. The Morgan fingerprint density at radius 1 is 1.21 bits per heavy atom. The van der Waals surface area contributed by atoms with Gasteiger partial charge in [-0.25, -0.2) is 0 Å². The molecular weight excluding hydrogens is 232 g/mol. The molecule has 1 saturated carbocycles. The summed E-state index contributed by atoms with van der Waals surface area (Å²) in [4.78, 5) is 0. The third kappa shape index (κ3) is 1.53. The fourth-order valence-electron chi connectivity index (χ4n) is 3.96. The van der Waals surface area contributed by atoms with E-state index in [0.717, 1.165) is 0 Å². The quantitative estimate of drug-likeness (QED) is 0.830. The van der Waals surface area contributed by atoms with Crippen LogP contribution in [0.15, 0.2) is 12.1 Å². The molecule has 2 nitrogen and oxygen atoms in total. The van der Waals surface area contributed by atoms with Gasteiger partial charge in [-0.3, -0.25) is 0 Å². The molecule has 2 aromatic rings. The summed E-state index contributed by atoms with van der Waals surface area (Å²) in [6.07, 6.45) is 4.87. The van der Waals surface area contributed by atoms with Crippen LogP contribution in [0.1, 0.15) is 47.6 Å². The number of nitrogens with two attached hydrogens (primary N) is 1. The van der Waals surface area contributed by atoms with E-state index in [0.29, 0.717) is 12.0 Å². The van der Waals surface area contributed by atoms with Crippen LogP contribution in [0.3, 0.4) is 0 Å². The molecule has 2 heterocycles. The number of nitrogens with zero attached hydrogens (tertiary/aromatic N) is 1. The van der Waals surface area contributed by atoms with Crippen molar-refractivity contribution >= 4 is 10.9 Å². The molecule has 100 valence electrons. The minimum absolute atomic E-state index is 0.435. The van der Waals surface area contributed by atoms with E-state index >= 15 is 0 Å². The number of aryl methyl sites for hydroxylation is 3. The smallest absolute Gasteiger partial charge is 0.0517 e. The number of hydrogen-bond donors (Lipinski definition) is 1. The van der Waals surface area contributed by atoms with E-state index in [9.17, 15) is 0 Å². The maximum Gasteiger partial charge on any atom is 0.0517 e. The lowest BCUT2D eigenvalue weighted by Crippen LogP contribution is -2.34. The summed E-state index contributed by atoms with van der Waals surface area (Å²) in [7, 11) is 0. The highest BCUT2D eigenvalue weighted by Gasteiger charge is 2.29. The van der Waals surface area contributed by atoms with Gasteiger partial charge in [0.2, 0.25) is 0 Å². The summed E-state index contributed by atoms with van der Waals surface area (Å²) in [6, 6.07) is 5.34. The highest BCUT2D eigenvalue weighted by Crippen LogP contribution is 2.40. The fourth-order valence-corrected chi connectivity index (χ4v) is 3.96. The molecule has 4 rings (SSSR count). The van der Waals surface area contributed by atoms with Gasteiger partial charge in [0.25, 0.3) is 0 Å². The lowest BCUT2D eigenvalue weighted by atomic mass is 9.75. The SMILES string of the molecule is Cc1c(C)n2c3c(cc(C4CC(N)C4)cc13)CCC2. The average molecular weight is 254 g/mol. The van der Waals surface area contributed by atoms with Gasteiger partial charge in [0, 0.05) is 23.7 Å². The van der Waals surface area contributed by atoms with Crippen molar-refractivity contribution in [2.75, 3.05) is 0 Å². The molecule has 1 aliphatic carbocycles. The maximum absolute atomic E-state index is 5.95. The van der Waals surface area contributed by atoms with Crippen molar-refractivity contribution in [1.82, 2.24) is 4.57 Å². The first-order valence-electron chi connectivity index (χ1n) is 7.53. The van der Waals surface area contributed by atoms with Crippen molar-refractivity contribution < 1.29 is 0 Å². The highest BCUT2D eigenvalue weighted by molar-refractivity contribution is 5.89. The van der Waals surface area contributed by atoms with Gasteiger partial charge in [0.15, 0.2) is 0 Å². The van der Waals surface area contributed by atoms with Gasteiger partial charge in [-0.1, -0.05) is 6.07 Å². The van der Waals surface area contributed by atoms with Crippen molar-refractivity contribution in [3.63, 3.8) is 0 Å². The first-order valence-corrected chi connectivity index (χ1v) is 7.53. The van der Waals surface area contributed by atoms with Crippen LogP contribution < -0.4 is 5.73 Å². The van der Waals surface area contributed by atoms with Gasteiger partial charge >= 0.3 is 0 Å². The van der Waals surface area contributed by atoms with Gasteiger partial charge in [-0.2, -0.15) is 0 Å². The molecule has 1 aliphatic heterocycles. The predicted molar refractivity (Wildman–Crippen MR) is 79.7 cm³/mol. The van der Waals surface area contributed by atoms with Crippen LogP contribution in [-0.4, -0.2) is 10.6 Å². The molecule has 0 unspecified atom stereocenters. The summed E-state index contributed by atoms with van der Waals surface area (Å²) < 4.78 is 2.53. The van der Waals surface area contributed by atoms with Crippen LogP contribution in [0.4, 0.5) is 0 Å². The van der Waals surface area contributed by atoms with E-state index < -0.39 is 0 Å². The Bertz CT molecular complexity index is 660. The topological polar surface area (TPSA) is 30.9 Å². The van der Waals surface area contributed by atoms with Gasteiger partial charge in [-0.15, -0.1) is 0 Å². The lowest BCUT2D eigenvalue weighted by Gasteiger charge is -2.33. The second kappa shape index (κ2) is 3.86. The van der Waals surface area contributed by atoms with Crippen molar-refractivity contribution in [2.45, 2.75) is 58.0 Å². The van der Waals surface area contributed by atoms with E-state index in [1.807, 2.05) is 0 Å². The predicted octanol–water partition coefficient (Wildman–Crippen LogP) is 3.41. The summed E-state index contributed by atoms with van der Waals surface area (Å²) in [6.45, 7) is 5.74. The molecule has 1 fully saturated rings. The van der Waals surface area contributed by atoms with Crippen molar-refractivity contribution in [2.24, 2.45) is 5.73 Å². The maximum atomic E-state index is 5.95. The zero-order chi connectivity index (χ0) is 13.1. The fraction of sp³-hybridized carbons (Fsp3) is 0.529. The molecule has 0 atom stereocenters. The molecule has 1 aromatic heterocycles. The molecule has 0 amide bonds. The van der Waals surface area contributed by atoms with Crippen LogP contribution in [0, 0.1) is 13.8 Å². The molecule has 2 heteroatoms. The molecule has 19 heavy (non-hydrogen) atoms. The van der Waals surface area contributed by atoms with Gasteiger partial charge < -0.3 is 10.3 Å². The molecule has 1 aromatic carbocycles. The standard InChI is InChI=1S/C17H22N2/c1-10-11(2)19-5-3-4-12-6-13(9-16(10)17(12)19)14-7-15(18)8-14/h6,9,14-15H,3-5,7-8,18H2,1-2H3. The largest absolute Gasteiger partial charge is 0.344 e. The summed E-state index contributed by atoms with van der Waals surface area (Å²) >= 11 is 0. The van der Waals surface area contributed by atoms with Crippen molar-refractivity contribution in [3.8, 4) is 0 Å². The molecule has 2 aliphatic rings. The monoisotopic (exact) mass is 254 g/mol. The average Bonchev–Trinajstić information content (AvgIpc) is 2.62. The molecule has 0 radical (unpaired) electrons. The van der Waals surface area contributed by atoms with Gasteiger partial charge in [0.05, 0.1) is 5.52 Å². The second-order valence-corrected chi connectivity index (χ2v) is 6.47. The zero-order valence-electron chi connectivity index (χ0n) is 11.9. The van der Waals surface area contributed by atoms with E-state index in [4.69, 9.17) is 5.73 Å². The molecular formula is C17H22N2. The van der Waals surface area contributed by atoms with Crippen molar-refractivity contribution in [1.29, 1.82) is 0 Å². The van der Waals surface area contributed by atoms with Gasteiger partial charge in [-0.05, 0) is 68.2 Å². The number of rotatable bonds is 1. The number of hydrogen-bond acceptors (Lipinski definition) is 1. The number of aromatic nitrogens is 1. The Morgan fingerprint density at radius 3 is 2.74 bits per heavy atom. The Hall–Kier alpha value is -1.28. The van der Waals surface area contributed by atoms with E-state index in [1.165, 1.54) is 60.0 Å². The van der Waals surface area contributed by atoms with E-state index in [1.54, 1.807) is 5.56 Å². The van der Waals surface area contributed by atoms with Crippen LogP contribution in [0.2, 0.25) is 0 Å². The Kier molecular flexibility index (Phi) is 2.34. The molecule has 0 spiro atoms. The number of benzene rings is 1. The molecule has 0 saturated heterocycles. The van der Waals surface area contributed by atoms with Crippen LogP contribution in [-0.2, 0) is 13.0 Å². The van der Waals surface area contributed by atoms with Crippen LogP contribution >= 0.6 is 0 Å². The second-order valence-electron chi connectivity index (χ2n) is 6.47. The normalized spacial score (nSPS) is 25.6. The highest BCUT2D eigenvalue weighted by atomic mass is 15.0. The lowest BCUT2D eigenvalue weighted by molar-refractivity contribution is 0.351. The third-order valence-corrected chi connectivity index (χ3v) is 5.31. The zero-order valence-corrected chi connectivity index (χ0v) is 11.9. The summed E-state index contributed by atoms with van der Waals surface area (Å²) in [5.74, 6) is 0.709. The van der Waals surface area contributed by atoms with E-state index in [-0.39, 0.29) is 0 Å². The van der Waals surface area contributed by atoms with Crippen molar-refractivity contribution in [3.05, 3.63) is 34.5 Å². The van der Waals surface area contributed by atoms with Gasteiger partial charge in [0.1, 0.15) is 0 Å². The summed E-state index contributed by atoms with van der Waals surface area (Å²) in [5.41, 5.74) is 13.5. The Balaban J connectivity index is 1.93.